The summed E-state index contributed by atoms with van der Waals surface area (Å²) in [7, 11) is 0. The van der Waals surface area contributed by atoms with Crippen LogP contribution in [-0.2, 0) is 6.54 Å². The van der Waals surface area contributed by atoms with Gasteiger partial charge >= 0.3 is 0 Å². The average molecular weight is 382 g/mol. The number of hydrogen-bond acceptors (Lipinski definition) is 3. The highest BCUT2D eigenvalue weighted by Crippen LogP contribution is 2.14. The molecule has 0 spiro atoms. The van der Waals surface area contributed by atoms with Gasteiger partial charge in [-0.1, -0.05) is 28.1 Å². The second kappa shape index (κ2) is 5.30. The minimum atomic E-state index is 0.626. The molecule has 0 atom stereocenters. The normalized spacial score (nSPS) is 10.8. The Morgan fingerprint density at radius 2 is 1.74 bits per heavy atom. The average Bonchev–Trinajstić information content (AvgIpc) is 2.80. The second-order valence-electron chi connectivity index (χ2n) is 4.07. The van der Waals surface area contributed by atoms with Crippen molar-refractivity contribution in [1.82, 2.24) is 14.6 Å². The van der Waals surface area contributed by atoms with Crippen molar-refractivity contribution in [2.45, 2.75) is 6.54 Å². The molecule has 4 nitrogen and oxygen atoms in total. The second-order valence-corrected chi connectivity index (χ2v) is 5.90. The number of nitrogens with one attached hydrogen (secondary N) is 1. The molecule has 96 valence electrons. The van der Waals surface area contributed by atoms with Gasteiger partial charge in [-0.05, 0) is 45.8 Å². The van der Waals surface area contributed by atoms with E-state index in [2.05, 4.69) is 59.4 Å². The van der Waals surface area contributed by atoms with Crippen LogP contribution in [0.4, 0.5) is 5.95 Å². The van der Waals surface area contributed by atoms with Crippen LogP contribution in [0, 0.1) is 0 Å². The van der Waals surface area contributed by atoms with Gasteiger partial charge < -0.3 is 5.32 Å². The molecular formula is C13H10Br2N4. The van der Waals surface area contributed by atoms with Crippen molar-refractivity contribution in [2.24, 2.45) is 0 Å². The number of hydrogen-bond donors (Lipinski definition) is 1. The number of benzene rings is 1. The van der Waals surface area contributed by atoms with Gasteiger partial charge in [0, 0.05) is 21.7 Å². The van der Waals surface area contributed by atoms with Crippen molar-refractivity contribution in [2.75, 3.05) is 5.32 Å². The summed E-state index contributed by atoms with van der Waals surface area (Å²) in [4.78, 5) is 4.40. The van der Waals surface area contributed by atoms with Crippen molar-refractivity contribution in [1.29, 1.82) is 0 Å². The predicted octanol–water partition coefficient (Wildman–Crippen LogP) is 3.87. The number of halogens is 2. The molecule has 0 fully saturated rings. The summed E-state index contributed by atoms with van der Waals surface area (Å²) in [6, 6.07) is 12.0. The van der Waals surface area contributed by atoms with Gasteiger partial charge in [-0.25, -0.2) is 4.52 Å². The van der Waals surface area contributed by atoms with Crippen LogP contribution in [0.15, 0.2) is 51.5 Å². The summed E-state index contributed by atoms with van der Waals surface area (Å²) in [6.07, 6.45) is 1.88. The topological polar surface area (TPSA) is 42.2 Å². The molecule has 6 heteroatoms. The van der Waals surface area contributed by atoms with Crippen molar-refractivity contribution < 1.29 is 0 Å². The highest BCUT2D eigenvalue weighted by Gasteiger charge is 2.03. The maximum atomic E-state index is 4.40. The first kappa shape index (κ1) is 12.6. The summed E-state index contributed by atoms with van der Waals surface area (Å²) < 4.78 is 3.80. The molecular weight excluding hydrogens is 372 g/mol. The zero-order valence-corrected chi connectivity index (χ0v) is 13.0. The van der Waals surface area contributed by atoms with E-state index in [0.717, 1.165) is 14.6 Å². The third-order valence-corrected chi connectivity index (χ3v) is 3.66. The van der Waals surface area contributed by atoms with E-state index >= 15 is 0 Å². The molecule has 0 unspecified atom stereocenters. The Hall–Kier alpha value is -1.40. The van der Waals surface area contributed by atoms with Crippen LogP contribution in [0.1, 0.15) is 5.56 Å². The van der Waals surface area contributed by atoms with Crippen LogP contribution in [-0.4, -0.2) is 14.6 Å². The fourth-order valence-corrected chi connectivity index (χ4v) is 2.31. The Labute approximate surface area is 127 Å². The number of rotatable bonds is 3. The van der Waals surface area contributed by atoms with Crippen LogP contribution in [0.3, 0.4) is 0 Å². The molecule has 0 saturated carbocycles. The number of pyridine rings is 1. The first-order valence-electron chi connectivity index (χ1n) is 5.71. The minimum absolute atomic E-state index is 0.626. The van der Waals surface area contributed by atoms with E-state index in [9.17, 15) is 0 Å². The first-order valence-corrected chi connectivity index (χ1v) is 7.29. The number of fused-ring (bicyclic) bond motifs is 1. The molecule has 19 heavy (non-hydrogen) atoms. The summed E-state index contributed by atoms with van der Waals surface area (Å²) in [5.41, 5.74) is 2.00. The smallest absolute Gasteiger partial charge is 0.243 e. The van der Waals surface area contributed by atoms with Gasteiger partial charge in [-0.3, -0.25) is 0 Å². The number of anilines is 1. The standard InChI is InChI=1S/C13H10Br2N4/c14-10-3-1-9(2-4-10)7-16-13-17-12-6-5-11(15)8-19(12)18-13/h1-6,8H,7H2,(H,16,18). The van der Waals surface area contributed by atoms with Crippen LogP contribution in [0.25, 0.3) is 5.65 Å². The lowest BCUT2D eigenvalue weighted by Gasteiger charge is -2.01. The predicted molar refractivity (Wildman–Crippen MR) is 82.2 cm³/mol. The fourth-order valence-electron chi connectivity index (χ4n) is 1.72. The quantitative estimate of drug-likeness (QED) is 0.748. The molecule has 0 aliphatic heterocycles. The number of aromatic nitrogens is 3. The van der Waals surface area contributed by atoms with Gasteiger partial charge in [0.15, 0.2) is 5.65 Å². The molecule has 0 bridgehead atoms. The maximum Gasteiger partial charge on any atom is 0.243 e. The molecule has 1 N–H and O–H groups in total. The lowest BCUT2D eigenvalue weighted by atomic mass is 10.2. The van der Waals surface area contributed by atoms with Gasteiger partial charge in [0.05, 0.1) is 0 Å². The minimum Gasteiger partial charge on any atom is -0.349 e. The van der Waals surface area contributed by atoms with Crippen molar-refractivity contribution >= 4 is 43.5 Å². The first-order chi connectivity index (χ1) is 9.20. The third-order valence-electron chi connectivity index (χ3n) is 2.66. The molecule has 2 aromatic heterocycles. The van der Waals surface area contributed by atoms with Gasteiger partial charge in [-0.2, -0.15) is 4.98 Å². The van der Waals surface area contributed by atoms with Crippen LogP contribution < -0.4 is 5.32 Å². The van der Waals surface area contributed by atoms with Crippen molar-refractivity contribution in [3.63, 3.8) is 0 Å². The van der Waals surface area contributed by atoms with Crippen LogP contribution in [0.2, 0.25) is 0 Å². The van der Waals surface area contributed by atoms with Gasteiger partial charge in [0.25, 0.3) is 0 Å². The fraction of sp³-hybridized carbons (Fsp3) is 0.0769. The zero-order valence-electron chi connectivity index (χ0n) is 9.85. The molecule has 3 aromatic rings. The van der Waals surface area contributed by atoms with E-state index in [-0.39, 0.29) is 0 Å². The van der Waals surface area contributed by atoms with Gasteiger partial charge in [0.2, 0.25) is 5.95 Å². The zero-order chi connectivity index (χ0) is 13.2. The summed E-state index contributed by atoms with van der Waals surface area (Å²) in [5.74, 6) is 0.626. The van der Waals surface area contributed by atoms with Crippen molar-refractivity contribution in [3.05, 3.63) is 57.1 Å². The Balaban J connectivity index is 1.76. The largest absolute Gasteiger partial charge is 0.349 e. The van der Waals surface area contributed by atoms with E-state index in [4.69, 9.17) is 0 Å². The summed E-state index contributed by atoms with van der Waals surface area (Å²) in [6.45, 7) is 0.700. The van der Waals surface area contributed by atoms with Crippen molar-refractivity contribution in [3.8, 4) is 0 Å². The summed E-state index contributed by atoms with van der Waals surface area (Å²) in [5, 5.41) is 7.58. The highest BCUT2D eigenvalue weighted by molar-refractivity contribution is 9.10. The molecule has 1 aromatic carbocycles. The molecule has 0 radical (unpaired) electrons. The molecule has 0 amide bonds. The van der Waals surface area contributed by atoms with E-state index < -0.39 is 0 Å². The van der Waals surface area contributed by atoms with Gasteiger partial charge in [-0.15, -0.1) is 5.10 Å². The molecule has 0 aliphatic rings. The molecule has 0 saturated heterocycles. The lowest BCUT2D eigenvalue weighted by molar-refractivity contribution is 0.946. The SMILES string of the molecule is Brc1ccc(CNc2nc3ccc(Br)cn3n2)cc1. The van der Waals surface area contributed by atoms with Gasteiger partial charge in [0.1, 0.15) is 0 Å². The molecule has 2 heterocycles. The molecule has 0 aliphatic carbocycles. The Bertz CT molecular complexity index is 706. The Morgan fingerprint density at radius 1 is 1.00 bits per heavy atom. The Morgan fingerprint density at radius 3 is 2.53 bits per heavy atom. The van der Waals surface area contributed by atoms with E-state index in [1.807, 2.05) is 30.5 Å². The van der Waals surface area contributed by atoms with Crippen LogP contribution in [0.5, 0.6) is 0 Å². The van der Waals surface area contributed by atoms with E-state index in [0.29, 0.717) is 12.5 Å². The molecule has 3 rings (SSSR count). The monoisotopic (exact) mass is 380 g/mol. The lowest BCUT2D eigenvalue weighted by Crippen LogP contribution is -2.01. The maximum absolute atomic E-state index is 4.40. The number of nitrogens with zero attached hydrogens (tertiary/aromatic N) is 3. The van der Waals surface area contributed by atoms with E-state index in [1.54, 1.807) is 4.52 Å². The Kier molecular flexibility index (Phi) is 3.52. The summed E-state index contributed by atoms with van der Waals surface area (Å²) >= 11 is 6.83. The van der Waals surface area contributed by atoms with Crippen LogP contribution >= 0.6 is 31.9 Å². The van der Waals surface area contributed by atoms with E-state index in [1.165, 1.54) is 5.56 Å². The third kappa shape index (κ3) is 2.96. The highest BCUT2D eigenvalue weighted by atomic mass is 79.9.